The molecule has 4 aromatic heterocycles. The summed E-state index contributed by atoms with van der Waals surface area (Å²) in [5, 5.41) is 17.1. The van der Waals surface area contributed by atoms with Crippen LogP contribution in [0.15, 0.2) is 176 Å². The van der Waals surface area contributed by atoms with Crippen LogP contribution in [0.5, 0.6) is 0 Å². The van der Waals surface area contributed by atoms with E-state index in [0.29, 0.717) is 0 Å². The van der Waals surface area contributed by atoms with Crippen LogP contribution in [0, 0.1) is 37.4 Å². The smallest absolute Gasteiger partial charge is 0.574 e. The maximum Gasteiger partial charge on any atom is 3.00 e. The maximum absolute atomic E-state index is 12.6. The van der Waals surface area contributed by atoms with Crippen molar-refractivity contribution >= 4 is 50.0 Å². The van der Waals surface area contributed by atoms with Gasteiger partial charge in [0.05, 0.1) is 5.76 Å². The van der Waals surface area contributed by atoms with Crippen molar-refractivity contribution in [2.45, 2.75) is 13.8 Å². The molecule has 8 aromatic rings. The third kappa shape index (κ3) is 16.4. The predicted octanol–water partition coefficient (Wildman–Crippen LogP) is 11.1. The Balaban J connectivity index is 0.000000218. The number of rotatable bonds is 5. The van der Waals surface area contributed by atoms with Crippen molar-refractivity contribution in [3.05, 3.63) is 214 Å². The molecule has 0 unspecified atom stereocenters. The zero-order valence-electron chi connectivity index (χ0n) is 35.5. The number of halogens is 1. The van der Waals surface area contributed by atoms with E-state index in [1.165, 1.54) is 53.5 Å². The molecule has 0 saturated heterocycles. The summed E-state index contributed by atoms with van der Waals surface area (Å²) in [6.45, 7) is 6.82. The van der Waals surface area contributed by atoms with Gasteiger partial charge >= 0.3 is 20.1 Å². The summed E-state index contributed by atoms with van der Waals surface area (Å²) in [7, 11) is 3.99. The van der Waals surface area contributed by atoms with Crippen LogP contribution in [-0.4, -0.2) is 45.0 Å². The van der Waals surface area contributed by atoms with Crippen LogP contribution in [0.3, 0.4) is 0 Å². The molecular formula is C50H43FIr3N8O2S-3. The number of benzene rings is 4. The van der Waals surface area contributed by atoms with Gasteiger partial charge in [0.1, 0.15) is 0 Å². The minimum Gasteiger partial charge on any atom is -0.574 e. The van der Waals surface area contributed by atoms with E-state index in [1.54, 1.807) is 29.8 Å². The van der Waals surface area contributed by atoms with Gasteiger partial charge in [0.25, 0.3) is 0 Å². The Labute approximate surface area is 424 Å². The predicted molar refractivity (Wildman–Crippen MR) is 247 cm³/mol. The summed E-state index contributed by atoms with van der Waals surface area (Å²) in [5.74, 6) is -0.326. The molecule has 0 amide bonds. The first kappa shape index (κ1) is 53.7. The monoisotopic (exact) mass is 1420 g/mol. The Hall–Kier alpha value is -5.62. The van der Waals surface area contributed by atoms with Crippen LogP contribution >= 0.6 is 11.3 Å². The van der Waals surface area contributed by atoms with E-state index >= 15 is 0 Å². The Kier molecular flexibility index (Phi) is 22.8. The topological polar surface area (TPSA) is 103 Å². The maximum atomic E-state index is 12.6. The van der Waals surface area contributed by atoms with E-state index in [1.807, 2.05) is 109 Å². The molecule has 0 bridgehead atoms. The quantitative estimate of drug-likeness (QED) is 0.102. The van der Waals surface area contributed by atoms with E-state index in [-0.39, 0.29) is 77.7 Å². The summed E-state index contributed by atoms with van der Waals surface area (Å²) in [4.78, 5) is 27.6. The first-order valence-corrected chi connectivity index (χ1v) is 20.2. The van der Waals surface area contributed by atoms with Crippen molar-refractivity contribution in [1.82, 2.24) is 25.1 Å². The second-order valence-electron chi connectivity index (χ2n) is 13.5. The fraction of sp³-hybridized carbons (Fsp3) is 0.0800. The Morgan fingerprint density at radius 1 is 0.754 bits per heavy atom. The molecule has 65 heavy (non-hydrogen) atoms. The molecule has 2 aliphatic rings. The summed E-state index contributed by atoms with van der Waals surface area (Å²) < 4.78 is 13.8. The number of fused-ring (bicyclic) bond motifs is 2. The first-order valence-electron chi connectivity index (χ1n) is 19.3. The average Bonchev–Trinajstić information content (AvgIpc) is 4.13. The van der Waals surface area contributed by atoms with E-state index in [4.69, 9.17) is 5.11 Å². The molecule has 0 aliphatic carbocycles. The van der Waals surface area contributed by atoms with Crippen molar-refractivity contribution in [3.8, 4) is 22.0 Å². The summed E-state index contributed by atoms with van der Waals surface area (Å²) >= 11 is 1.73. The number of hydrogen-bond acceptors (Lipinski definition) is 10. The number of ketones is 1. The van der Waals surface area contributed by atoms with E-state index in [9.17, 15) is 9.18 Å². The summed E-state index contributed by atoms with van der Waals surface area (Å²) in [5.41, 5.74) is 7.02. The van der Waals surface area contributed by atoms with Gasteiger partial charge in [0.15, 0.2) is 5.78 Å². The van der Waals surface area contributed by atoms with Gasteiger partial charge in [-0.1, -0.05) is 54.2 Å². The van der Waals surface area contributed by atoms with Crippen LogP contribution in [0.25, 0.3) is 32.0 Å². The number of allylic oxidation sites excluding steroid dienone is 2. The third-order valence-corrected chi connectivity index (χ3v) is 9.71. The SMILES string of the molecule is CC(=O)C=C(C)O.CN1C=CN(c2[c-]cc(F)cc2)[CH-]1.CN1[CH-]N(c2[c-]cccc2)c2ccccc21.[Ir+3].[Ir].[Ir].[c-]1c(-c2ccccn2)sc2ccccc12.c1ccc(-c2ccn[n-]2)nc1. The van der Waals surface area contributed by atoms with Crippen molar-refractivity contribution < 1.29 is 74.6 Å². The third-order valence-electron chi connectivity index (χ3n) is 8.62. The molecule has 10 rings (SSSR count). The van der Waals surface area contributed by atoms with E-state index in [0.717, 1.165) is 33.3 Å². The summed E-state index contributed by atoms with van der Waals surface area (Å²) in [6, 6.07) is 52.0. The minimum absolute atomic E-state index is 0. The molecule has 338 valence electrons. The molecule has 4 aromatic carbocycles. The molecule has 0 spiro atoms. The number of aliphatic hydroxyl groups excluding tert-OH is 1. The second-order valence-corrected chi connectivity index (χ2v) is 14.6. The normalized spacial score (nSPS) is 11.9. The molecule has 0 saturated carbocycles. The number of carbonyl (C=O) groups is 1. The molecular weight excluding hydrogens is 1370 g/mol. The Morgan fingerprint density at radius 2 is 1.43 bits per heavy atom. The average molecular weight is 1420 g/mol. The standard InChI is InChI=1S/C14H12N2.C13H8NS.C10H9FN2.C8H6N3.C5H8O2.3Ir/c1-15-11-16(12-7-3-2-4-8-12)14-10-6-5-9-13(14)15;1-2-7-12-10(5-1)9-13(15-12)11-6-3-4-8-14-11;1-12-6-7-13(8-12)10-4-2-9(11)3-5-10;1-2-5-9-7(3-1)8-4-6-10-11-8;1-4(6)3-5(2)7;;;/h2-7,9-11H,1H3;1-8H;2-4,6-8H,1H3;1-6H;3,6H,1-2H3;;;/q-2;-1;-2;-1;;;;+3. The van der Waals surface area contributed by atoms with Gasteiger partial charge in [0.2, 0.25) is 0 Å². The first-order chi connectivity index (χ1) is 30.1. The van der Waals surface area contributed by atoms with Gasteiger partial charge in [-0.3, -0.25) is 14.2 Å². The zero-order valence-corrected chi connectivity index (χ0v) is 43.5. The van der Waals surface area contributed by atoms with Crippen LogP contribution in [0.1, 0.15) is 13.8 Å². The number of aliphatic hydroxyl groups is 1. The van der Waals surface area contributed by atoms with Gasteiger partial charge in [-0.25, -0.2) is 11.3 Å². The Morgan fingerprint density at radius 3 is 1.98 bits per heavy atom. The second kappa shape index (κ2) is 27.6. The van der Waals surface area contributed by atoms with Gasteiger partial charge in [-0.05, 0) is 80.3 Å². The van der Waals surface area contributed by atoms with Crippen LogP contribution < -0.4 is 19.8 Å². The van der Waals surface area contributed by atoms with Crippen LogP contribution in [0.4, 0.5) is 27.1 Å². The Bertz CT molecular complexity index is 2620. The number of aromatic nitrogens is 4. The van der Waals surface area contributed by atoms with Crippen molar-refractivity contribution in [2.75, 3.05) is 28.8 Å². The zero-order chi connectivity index (χ0) is 43.7. The number of anilines is 4. The van der Waals surface area contributed by atoms with E-state index < -0.39 is 0 Å². The molecule has 0 fully saturated rings. The van der Waals surface area contributed by atoms with Gasteiger partial charge in [-0.2, -0.15) is 49.7 Å². The molecule has 10 nitrogen and oxygen atoms in total. The summed E-state index contributed by atoms with van der Waals surface area (Å²) in [6.07, 6.45) is 10.2. The molecule has 2 aliphatic heterocycles. The van der Waals surface area contributed by atoms with Gasteiger partial charge in [-0.15, -0.1) is 53.2 Å². The number of nitrogens with zero attached hydrogens (tertiary/aromatic N) is 8. The molecule has 2 radical (unpaired) electrons. The fourth-order valence-corrected chi connectivity index (χ4v) is 6.83. The van der Waals surface area contributed by atoms with Gasteiger partial charge < -0.3 is 39.9 Å². The number of hydrogen-bond donors (Lipinski definition) is 1. The number of para-hydroxylation sites is 3. The molecule has 1 N–H and O–H groups in total. The van der Waals surface area contributed by atoms with Gasteiger partial charge in [0, 0.05) is 93.5 Å². The fourth-order valence-electron chi connectivity index (χ4n) is 5.85. The largest absolute Gasteiger partial charge is 3.00 e. The number of thiophene rings is 1. The number of pyridine rings is 2. The van der Waals surface area contributed by atoms with Crippen LogP contribution in [0.2, 0.25) is 0 Å². The van der Waals surface area contributed by atoms with Crippen molar-refractivity contribution in [2.24, 2.45) is 0 Å². The minimum atomic E-state index is -0.264. The number of carbonyl (C=O) groups excluding carboxylic acids is 1. The van der Waals surface area contributed by atoms with Crippen molar-refractivity contribution in [1.29, 1.82) is 0 Å². The van der Waals surface area contributed by atoms with E-state index in [2.05, 4.69) is 110 Å². The molecule has 15 heteroatoms. The van der Waals surface area contributed by atoms with Crippen molar-refractivity contribution in [3.63, 3.8) is 0 Å². The molecule has 6 heterocycles. The molecule has 0 atom stereocenters. The van der Waals surface area contributed by atoms with Crippen LogP contribution in [-0.2, 0) is 65.1 Å².